The molecule has 3 rings (SSSR count). The van der Waals surface area contributed by atoms with Crippen molar-refractivity contribution in [3.05, 3.63) is 41.6 Å². The van der Waals surface area contributed by atoms with Gasteiger partial charge in [-0.1, -0.05) is 0 Å². The molecule has 2 N–H and O–H groups in total. The Morgan fingerprint density at radius 2 is 1.96 bits per heavy atom. The molecule has 0 atom stereocenters. The predicted octanol–water partition coefficient (Wildman–Crippen LogP) is 2.97. The number of rotatable bonds is 7. The fourth-order valence-electron chi connectivity index (χ4n) is 2.60. The van der Waals surface area contributed by atoms with E-state index in [4.69, 9.17) is 9.47 Å². The van der Waals surface area contributed by atoms with E-state index in [1.807, 2.05) is 6.26 Å². The first-order chi connectivity index (χ1) is 13.1. The van der Waals surface area contributed by atoms with Crippen molar-refractivity contribution in [2.75, 3.05) is 25.8 Å². The summed E-state index contributed by atoms with van der Waals surface area (Å²) in [6, 6.07) is 6.81. The molecule has 0 radical (unpaired) electrons. The number of hydrogen-bond donors (Lipinski definition) is 2. The number of carbonyl (C=O) groups excluding carboxylic acids is 2. The van der Waals surface area contributed by atoms with Crippen LogP contribution in [0, 0.1) is 0 Å². The molecule has 1 aliphatic carbocycles. The van der Waals surface area contributed by atoms with E-state index in [-0.39, 0.29) is 17.9 Å². The van der Waals surface area contributed by atoms with Gasteiger partial charge in [0, 0.05) is 17.8 Å². The number of nitrogens with one attached hydrogen (secondary N) is 2. The molecule has 1 heterocycles. The van der Waals surface area contributed by atoms with E-state index in [0.717, 1.165) is 12.8 Å². The zero-order chi connectivity index (χ0) is 19.4. The minimum Gasteiger partial charge on any atom is -0.493 e. The van der Waals surface area contributed by atoms with Gasteiger partial charge in [0.2, 0.25) is 0 Å². The second-order valence-corrected chi connectivity index (χ2v) is 6.82. The zero-order valence-electron chi connectivity index (χ0n) is 15.4. The van der Waals surface area contributed by atoms with Crippen molar-refractivity contribution < 1.29 is 19.1 Å². The van der Waals surface area contributed by atoms with Gasteiger partial charge in [-0.15, -0.1) is 11.8 Å². The Labute approximate surface area is 161 Å². The molecule has 142 valence electrons. The summed E-state index contributed by atoms with van der Waals surface area (Å²) in [5, 5.41) is 6.36. The van der Waals surface area contributed by atoms with E-state index in [0.29, 0.717) is 33.3 Å². The summed E-state index contributed by atoms with van der Waals surface area (Å²) in [6.07, 6.45) is 5.46. The second-order valence-electron chi connectivity index (χ2n) is 6.02. The number of nitrogens with zero attached hydrogens (tertiary/aromatic N) is 1. The number of thioether (sulfide) groups is 1. The van der Waals surface area contributed by atoms with Crippen molar-refractivity contribution in [1.82, 2.24) is 10.3 Å². The first-order valence-electron chi connectivity index (χ1n) is 8.44. The number of benzene rings is 1. The van der Waals surface area contributed by atoms with Crippen LogP contribution in [-0.4, -0.2) is 43.3 Å². The highest BCUT2D eigenvalue weighted by molar-refractivity contribution is 7.98. The van der Waals surface area contributed by atoms with Gasteiger partial charge in [0.05, 0.1) is 25.5 Å². The van der Waals surface area contributed by atoms with Crippen LogP contribution in [0.4, 0.5) is 5.69 Å². The largest absolute Gasteiger partial charge is 0.493 e. The summed E-state index contributed by atoms with van der Waals surface area (Å²) in [5.41, 5.74) is 1.20. The van der Waals surface area contributed by atoms with Gasteiger partial charge in [-0.3, -0.25) is 9.59 Å². The fraction of sp³-hybridized carbons (Fsp3) is 0.316. The molecule has 27 heavy (non-hydrogen) atoms. The van der Waals surface area contributed by atoms with E-state index in [1.165, 1.54) is 26.0 Å². The molecule has 2 amide bonds. The van der Waals surface area contributed by atoms with E-state index >= 15 is 0 Å². The highest BCUT2D eigenvalue weighted by Crippen LogP contribution is 2.37. The van der Waals surface area contributed by atoms with Crippen LogP contribution < -0.4 is 20.1 Å². The van der Waals surface area contributed by atoms with Crippen LogP contribution >= 0.6 is 11.8 Å². The number of methoxy groups -OCH3 is 2. The monoisotopic (exact) mass is 387 g/mol. The maximum absolute atomic E-state index is 12.8. The Morgan fingerprint density at radius 1 is 1.19 bits per heavy atom. The van der Waals surface area contributed by atoms with Gasteiger partial charge in [-0.05, 0) is 43.4 Å². The lowest BCUT2D eigenvalue weighted by atomic mass is 10.1. The van der Waals surface area contributed by atoms with E-state index < -0.39 is 0 Å². The molecule has 0 saturated heterocycles. The molecular weight excluding hydrogens is 366 g/mol. The SMILES string of the molecule is COc1cc(C(=O)NC2CC2)cc(NC(=O)c2cccnc2SC)c1OC. The van der Waals surface area contributed by atoms with Crippen LogP contribution in [0.2, 0.25) is 0 Å². The van der Waals surface area contributed by atoms with Crippen LogP contribution in [0.15, 0.2) is 35.5 Å². The first kappa shape index (κ1) is 19.0. The van der Waals surface area contributed by atoms with Crippen molar-refractivity contribution in [2.24, 2.45) is 0 Å². The number of amides is 2. The Balaban J connectivity index is 1.94. The summed E-state index contributed by atoms with van der Waals surface area (Å²) in [4.78, 5) is 29.4. The molecule has 1 aliphatic rings. The number of hydrogen-bond acceptors (Lipinski definition) is 6. The normalized spacial score (nSPS) is 13.0. The number of pyridine rings is 1. The lowest BCUT2D eigenvalue weighted by Gasteiger charge is -2.16. The van der Waals surface area contributed by atoms with Crippen LogP contribution in [0.5, 0.6) is 11.5 Å². The standard InChI is InChI=1S/C19H21N3O4S/c1-25-15-10-11(17(23)21-12-6-7-12)9-14(16(15)26-2)22-18(24)13-5-4-8-20-19(13)27-3/h4-5,8-10,12H,6-7H2,1-3H3,(H,21,23)(H,22,24). The Morgan fingerprint density at radius 3 is 2.59 bits per heavy atom. The lowest BCUT2D eigenvalue weighted by Crippen LogP contribution is -2.25. The molecule has 8 heteroatoms. The maximum Gasteiger partial charge on any atom is 0.258 e. The zero-order valence-corrected chi connectivity index (χ0v) is 16.2. The summed E-state index contributed by atoms with van der Waals surface area (Å²) in [7, 11) is 2.97. The topological polar surface area (TPSA) is 89.6 Å². The Kier molecular flexibility index (Phi) is 5.85. The molecule has 7 nitrogen and oxygen atoms in total. The van der Waals surface area contributed by atoms with Crippen LogP contribution in [0.1, 0.15) is 33.6 Å². The third kappa shape index (κ3) is 4.33. The fourth-order valence-corrected chi connectivity index (χ4v) is 3.15. The van der Waals surface area contributed by atoms with Crippen molar-refractivity contribution >= 4 is 29.3 Å². The minimum atomic E-state index is -0.340. The maximum atomic E-state index is 12.8. The van der Waals surface area contributed by atoms with Crippen LogP contribution in [-0.2, 0) is 0 Å². The van der Waals surface area contributed by atoms with Gasteiger partial charge in [0.1, 0.15) is 5.03 Å². The average Bonchev–Trinajstić information content (AvgIpc) is 3.51. The van der Waals surface area contributed by atoms with Crippen molar-refractivity contribution in [3.63, 3.8) is 0 Å². The third-order valence-electron chi connectivity index (χ3n) is 4.11. The van der Waals surface area contributed by atoms with Gasteiger partial charge in [0.15, 0.2) is 11.5 Å². The molecule has 0 unspecified atom stereocenters. The summed E-state index contributed by atoms with van der Waals surface area (Å²) in [5.74, 6) is 0.170. The molecule has 1 aromatic carbocycles. The van der Waals surface area contributed by atoms with E-state index in [1.54, 1.807) is 30.5 Å². The lowest BCUT2D eigenvalue weighted by molar-refractivity contribution is 0.0949. The molecule has 0 spiro atoms. The minimum absolute atomic E-state index is 0.208. The average molecular weight is 387 g/mol. The van der Waals surface area contributed by atoms with E-state index in [9.17, 15) is 9.59 Å². The van der Waals surface area contributed by atoms with Gasteiger partial charge >= 0.3 is 0 Å². The Hall–Kier alpha value is -2.74. The first-order valence-corrected chi connectivity index (χ1v) is 9.67. The number of carbonyl (C=O) groups is 2. The van der Waals surface area contributed by atoms with Crippen molar-refractivity contribution in [1.29, 1.82) is 0 Å². The van der Waals surface area contributed by atoms with Gasteiger partial charge in [0.25, 0.3) is 11.8 Å². The van der Waals surface area contributed by atoms with E-state index in [2.05, 4.69) is 15.6 Å². The molecule has 1 fully saturated rings. The molecule has 2 aromatic rings. The molecular formula is C19H21N3O4S. The highest BCUT2D eigenvalue weighted by Gasteiger charge is 2.25. The summed E-state index contributed by atoms with van der Waals surface area (Å²) in [6.45, 7) is 0. The van der Waals surface area contributed by atoms with Gasteiger partial charge in [-0.2, -0.15) is 0 Å². The highest BCUT2D eigenvalue weighted by atomic mass is 32.2. The smallest absolute Gasteiger partial charge is 0.258 e. The second kappa shape index (κ2) is 8.30. The molecule has 0 bridgehead atoms. The van der Waals surface area contributed by atoms with Crippen LogP contribution in [0.25, 0.3) is 0 Å². The number of ether oxygens (including phenoxy) is 2. The molecule has 0 aliphatic heterocycles. The molecule has 1 aromatic heterocycles. The van der Waals surface area contributed by atoms with Gasteiger partial charge in [-0.25, -0.2) is 4.98 Å². The quantitative estimate of drug-likeness (QED) is 0.710. The van der Waals surface area contributed by atoms with Crippen LogP contribution in [0.3, 0.4) is 0 Å². The van der Waals surface area contributed by atoms with Crippen molar-refractivity contribution in [3.8, 4) is 11.5 Å². The Bertz CT molecular complexity index is 868. The number of anilines is 1. The summed E-state index contributed by atoms with van der Waals surface area (Å²) < 4.78 is 10.7. The number of aromatic nitrogens is 1. The third-order valence-corrected chi connectivity index (χ3v) is 4.82. The van der Waals surface area contributed by atoms with Gasteiger partial charge < -0.3 is 20.1 Å². The summed E-state index contributed by atoms with van der Waals surface area (Å²) >= 11 is 1.38. The predicted molar refractivity (Wildman–Crippen MR) is 104 cm³/mol. The molecule has 1 saturated carbocycles. The van der Waals surface area contributed by atoms with Crippen molar-refractivity contribution in [2.45, 2.75) is 23.9 Å².